The number of anilines is 2. The summed E-state index contributed by atoms with van der Waals surface area (Å²) in [5, 5.41) is 11.9. The summed E-state index contributed by atoms with van der Waals surface area (Å²) in [4.78, 5) is 0. The van der Waals surface area contributed by atoms with Gasteiger partial charge in [-0.1, -0.05) is 6.07 Å². The molecule has 0 bridgehead atoms. The molecule has 3 rings (SSSR count). The van der Waals surface area contributed by atoms with Crippen molar-refractivity contribution in [3.05, 3.63) is 45.3 Å². The molecular formula is C13H10Br2N6. The van der Waals surface area contributed by atoms with E-state index in [-0.39, 0.29) is 0 Å². The molecule has 1 aromatic heterocycles. The van der Waals surface area contributed by atoms with E-state index in [1.165, 1.54) is 0 Å². The molecule has 0 saturated carbocycles. The summed E-state index contributed by atoms with van der Waals surface area (Å²) in [6.07, 6.45) is 0. The van der Waals surface area contributed by atoms with E-state index in [9.17, 15) is 0 Å². The first-order chi connectivity index (χ1) is 10.1. The van der Waals surface area contributed by atoms with Gasteiger partial charge in [-0.15, -0.1) is 5.10 Å². The first kappa shape index (κ1) is 14.0. The maximum absolute atomic E-state index is 6.02. The Balaban J connectivity index is 2.22. The largest absolute Gasteiger partial charge is 0.399 e. The molecule has 0 aliphatic rings. The van der Waals surface area contributed by atoms with Crippen LogP contribution in [0.25, 0.3) is 17.1 Å². The SMILES string of the molecule is Nc1ccc(-c2nnnn2-c2c(Br)cccc2Br)c(N)c1. The molecule has 0 aliphatic heterocycles. The van der Waals surface area contributed by atoms with Gasteiger partial charge in [-0.2, -0.15) is 4.68 Å². The van der Waals surface area contributed by atoms with Crippen molar-refractivity contribution < 1.29 is 0 Å². The number of benzene rings is 2. The van der Waals surface area contributed by atoms with E-state index in [0.29, 0.717) is 17.2 Å². The van der Waals surface area contributed by atoms with E-state index in [4.69, 9.17) is 11.5 Å². The maximum Gasteiger partial charge on any atom is 0.189 e. The fraction of sp³-hybridized carbons (Fsp3) is 0. The van der Waals surface area contributed by atoms with Crippen LogP contribution in [-0.4, -0.2) is 20.2 Å². The Hall–Kier alpha value is -1.93. The van der Waals surface area contributed by atoms with Crippen molar-refractivity contribution in [3.8, 4) is 17.1 Å². The molecule has 0 saturated heterocycles. The molecule has 0 aliphatic carbocycles. The van der Waals surface area contributed by atoms with Gasteiger partial charge in [0.2, 0.25) is 0 Å². The molecule has 4 N–H and O–H groups in total. The number of aromatic nitrogens is 4. The van der Waals surface area contributed by atoms with Gasteiger partial charge in [-0.3, -0.25) is 0 Å². The van der Waals surface area contributed by atoms with Crippen LogP contribution < -0.4 is 11.5 Å². The molecule has 0 amide bonds. The number of tetrazole rings is 1. The molecule has 0 spiro atoms. The minimum absolute atomic E-state index is 0.522. The van der Waals surface area contributed by atoms with Crippen LogP contribution in [-0.2, 0) is 0 Å². The van der Waals surface area contributed by atoms with Gasteiger partial charge < -0.3 is 11.5 Å². The lowest BCUT2D eigenvalue weighted by molar-refractivity contribution is 0.786. The summed E-state index contributed by atoms with van der Waals surface area (Å²) in [6, 6.07) is 11.0. The fourth-order valence-corrected chi connectivity index (χ4v) is 3.32. The van der Waals surface area contributed by atoms with E-state index in [0.717, 1.165) is 20.2 Å². The van der Waals surface area contributed by atoms with Crippen LogP contribution in [0.3, 0.4) is 0 Å². The van der Waals surface area contributed by atoms with E-state index < -0.39 is 0 Å². The summed E-state index contributed by atoms with van der Waals surface area (Å²) in [5.74, 6) is 0.542. The van der Waals surface area contributed by atoms with Crippen LogP contribution in [0.4, 0.5) is 11.4 Å². The van der Waals surface area contributed by atoms with Crippen LogP contribution >= 0.6 is 31.9 Å². The maximum atomic E-state index is 6.02. The third kappa shape index (κ3) is 2.52. The minimum atomic E-state index is 0.522. The van der Waals surface area contributed by atoms with E-state index in [1.807, 2.05) is 18.2 Å². The van der Waals surface area contributed by atoms with Gasteiger partial charge in [0.05, 0.1) is 5.69 Å². The normalized spacial score (nSPS) is 10.8. The molecule has 0 fully saturated rings. The van der Waals surface area contributed by atoms with Crippen molar-refractivity contribution in [3.63, 3.8) is 0 Å². The predicted molar refractivity (Wildman–Crippen MR) is 88.8 cm³/mol. The number of hydrogen-bond donors (Lipinski definition) is 2. The first-order valence-corrected chi connectivity index (χ1v) is 7.54. The van der Waals surface area contributed by atoms with Gasteiger partial charge in [0.1, 0.15) is 0 Å². The minimum Gasteiger partial charge on any atom is -0.399 e. The van der Waals surface area contributed by atoms with E-state index >= 15 is 0 Å². The van der Waals surface area contributed by atoms with Crippen molar-refractivity contribution in [1.82, 2.24) is 20.2 Å². The lowest BCUT2D eigenvalue weighted by Crippen LogP contribution is -2.04. The Kier molecular flexibility index (Phi) is 3.64. The van der Waals surface area contributed by atoms with Crippen LogP contribution in [0.2, 0.25) is 0 Å². The second kappa shape index (κ2) is 5.45. The number of nitrogens with zero attached hydrogens (tertiary/aromatic N) is 4. The van der Waals surface area contributed by atoms with Gasteiger partial charge in [-0.05, 0) is 72.6 Å². The molecule has 8 heteroatoms. The molecule has 21 heavy (non-hydrogen) atoms. The molecule has 0 radical (unpaired) electrons. The van der Waals surface area contributed by atoms with Gasteiger partial charge in [0.25, 0.3) is 0 Å². The van der Waals surface area contributed by atoms with Crippen LogP contribution in [0.15, 0.2) is 45.3 Å². The van der Waals surface area contributed by atoms with E-state index in [2.05, 4.69) is 47.4 Å². The summed E-state index contributed by atoms with van der Waals surface area (Å²) in [6.45, 7) is 0. The lowest BCUT2D eigenvalue weighted by Gasteiger charge is -2.10. The first-order valence-electron chi connectivity index (χ1n) is 5.96. The average Bonchev–Trinajstić information content (AvgIpc) is 2.87. The monoisotopic (exact) mass is 408 g/mol. The van der Waals surface area contributed by atoms with Crippen molar-refractivity contribution in [1.29, 1.82) is 0 Å². The van der Waals surface area contributed by atoms with Crippen molar-refractivity contribution in [2.45, 2.75) is 0 Å². The average molecular weight is 410 g/mol. The zero-order valence-corrected chi connectivity index (χ0v) is 13.8. The Bertz CT molecular complexity index is 794. The van der Waals surface area contributed by atoms with Gasteiger partial charge in [0.15, 0.2) is 5.82 Å². The smallest absolute Gasteiger partial charge is 0.189 e. The number of hydrogen-bond acceptors (Lipinski definition) is 5. The summed E-state index contributed by atoms with van der Waals surface area (Å²) in [7, 11) is 0. The van der Waals surface area contributed by atoms with Crippen LogP contribution in [0.5, 0.6) is 0 Å². The van der Waals surface area contributed by atoms with Crippen LogP contribution in [0, 0.1) is 0 Å². The molecule has 1 heterocycles. The fourth-order valence-electron chi connectivity index (χ4n) is 1.98. The Morgan fingerprint density at radius 3 is 2.38 bits per heavy atom. The number of rotatable bonds is 2. The highest BCUT2D eigenvalue weighted by atomic mass is 79.9. The van der Waals surface area contributed by atoms with Crippen molar-refractivity contribution in [2.75, 3.05) is 11.5 Å². The number of nitrogen functional groups attached to an aromatic ring is 2. The lowest BCUT2D eigenvalue weighted by atomic mass is 10.1. The molecule has 6 nitrogen and oxygen atoms in total. The topological polar surface area (TPSA) is 95.6 Å². The molecular weight excluding hydrogens is 400 g/mol. The number of para-hydroxylation sites is 1. The second-order valence-corrected chi connectivity index (χ2v) is 6.04. The van der Waals surface area contributed by atoms with Gasteiger partial charge in [-0.25, -0.2) is 0 Å². The molecule has 3 aromatic rings. The van der Waals surface area contributed by atoms with Crippen molar-refractivity contribution in [2.24, 2.45) is 0 Å². The Morgan fingerprint density at radius 2 is 1.71 bits per heavy atom. The quantitative estimate of drug-likeness (QED) is 0.634. The standard InChI is InChI=1S/C13H10Br2N6/c14-9-2-1-3-10(15)12(9)21-13(18-19-20-21)8-5-4-7(16)6-11(8)17/h1-6H,16-17H2. The second-order valence-electron chi connectivity index (χ2n) is 4.33. The van der Waals surface area contributed by atoms with Crippen LogP contribution in [0.1, 0.15) is 0 Å². The third-order valence-electron chi connectivity index (χ3n) is 2.94. The Labute approximate surface area is 137 Å². The highest BCUT2D eigenvalue weighted by Gasteiger charge is 2.17. The zero-order chi connectivity index (χ0) is 15.0. The predicted octanol–water partition coefficient (Wildman–Crippen LogP) is 3.02. The number of halogens is 2. The van der Waals surface area contributed by atoms with Gasteiger partial charge >= 0.3 is 0 Å². The zero-order valence-electron chi connectivity index (χ0n) is 10.7. The Morgan fingerprint density at radius 1 is 1.00 bits per heavy atom. The highest BCUT2D eigenvalue weighted by molar-refractivity contribution is 9.11. The molecule has 106 valence electrons. The molecule has 0 atom stereocenters. The molecule has 2 aromatic carbocycles. The summed E-state index contributed by atoms with van der Waals surface area (Å²) < 4.78 is 3.34. The van der Waals surface area contributed by atoms with E-state index in [1.54, 1.807) is 22.9 Å². The molecule has 0 unspecified atom stereocenters. The van der Waals surface area contributed by atoms with Gasteiger partial charge in [0, 0.05) is 25.9 Å². The number of nitrogens with two attached hydrogens (primary N) is 2. The highest BCUT2D eigenvalue weighted by Crippen LogP contribution is 2.33. The summed E-state index contributed by atoms with van der Waals surface area (Å²) >= 11 is 7.02. The summed E-state index contributed by atoms with van der Waals surface area (Å²) in [5.41, 5.74) is 14.4. The van der Waals surface area contributed by atoms with Crippen molar-refractivity contribution >= 4 is 43.2 Å². The third-order valence-corrected chi connectivity index (χ3v) is 4.22.